The molecule has 3 nitrogen and oxygen atoms in total. The summed E-state index contributed by atoms with van der Waals surface area (Å²) in [7, 11) is 0. The van der Waals surface area contributed by atoms with Crippen molar-refractivity contribution in [2.75, 3.05) is 0 Å². The van der Waals surface area contributed by atoms with Crippen LogP contribution in [0.3, 0.4) is 0 Å². The Morgan fingerprint density at radius 1 is 1.20 bits per heavy atom. The Balaban J connectivity index is 1.97. The zero-order valence-corrected chi connectivity index (χ0v) is 9.15. The van der Waals surface area contributed by atoms with Gasteiger partial charge < -0.3 is 10.3 Å². The summed E-state index contributed by atoms with van der Waals surface area (Å²) in [5.41, 5.74) is 7.54. The van der Waals surface area contributed by atoms with Crippen molar-refractivity contribution < 1.29 is 0 Å². The summed E-state index contributed by atoms with van der Waals surface area (Å²) in [6, 6.07) is 0. The monoisotopic (exact) mass is 205 g/mol. The fraction of sp³-hybridized carbons (Fsp3) is 0.750. The van der Waals surface area contributed by atoms with Crippen LogP contribution in [-0.2, 0) is 6.42 Å². The molecule has 2 N–H and O–H groups in total. The number of aromatic nitrogens is 2. The molecule has 0 spiro atoms. The third-order valence-electron chi connectivity index (χ3n) is 3.89. The normalized spacial score (nSPS) is 26.9. The third kappa shape index (κ3) is 1.49. The Hall–Kier alpha value is -0.830. The van der Waals surface area contributed by atoms with Gasteiger partial charge in [0.15, 0.2) is 0 Å². The predicted molar refractivity (Wildman–Crippen MR) is 59.6 cm³/mol. The average Bonchev–Trinajstić information content (AvgIpc) is 2.85. The maximum Gasteiger partial charge on any atom is 0.113 e. The first-order chi connectivity index (χ1) is 7.36. The van der Waals surface area contributed by atoms with Crippen molar-refractivity contribution in [3.63, 3.8) is 0 Å². The van der Waals surface area contributed by atoms with E-state index in [1.54, 1.807) is 0 Å². The fourth-order valence-electron chi connectivity index (χ4n) is 3.09. The molecule has 1 unspecified atom stereocenters. The van der Waals surface area contributed by atoms with Gasteiger partial charge in [-0.25, -0.2) is 4.98 Å². The molecule has 0 amide bonds. The van der Waals surface area contributed by atoms with E-state index in [9.17, 15) is 0 Å². The predicted octanol–water partition coefficient (Wildman–Crippen LogP) is 2.33. The van der Waals surface area contributed by atoms with Crippen molar-refractivity contribution >= 4 is 0 Å². The minimum Gasteiger partial charge on any atom is -0.316 e. The second kappa shape index (κ2) is 3.63. The van der Waals surface area contributed by atoms with Crippen molar-refractivity contribution in [3.05, 3.63) is 17.7 Å². The summed E-state index contributed by atoms with van der Waals surface area (Å²) in [5, 5.41) is 0. The molecule has 1 atom stereocenters. The van der Waals surface area contributed by atoms with Gasteiger partial charge in [-0.3, -0.25) is 0 Å². The van der Waals surface area contributed by atoms with Gasteiger partial charge in [-0.2, -0.15) is 0 Å². The highest BCUT2D eigenvalue weighted by atomic mass is 15.2. The molecule has 0 aromatic carbocycles. The molecule has 1 aliphatic heterocycles. The lowest BCUT2D eigenvalue weighted by atomic mass is 10.0. The number of aryl methyl sites for hydroxylation is 1. The van der Waals surface area contributed by atoms with Gasteiger partial charge in [-0.15, -0.1) is 0 Å². The maximum absolute atomic E-state index is 6.18. The van der Waals surface area contributed by atoms with Crippen molar-refractivity contribution in [3.8, 4) is 0 Å². The van der Waals surface area contributed by atoms with Gasteiger partial charge in [-0.1, -0.05) is 12.8 Å². The minimum atomic E-state index is 0.187. The van der Waals surface area contributed by atoms with Crippen LogP contribution in [0.5, 0.6) is 0 Å². The third-order valence-corrected chi connectivity index (χ3v) is 3.89. The van der Waals surface area contributed by atoms with Crippen LogP contribution in [0.2, 0.25) is 0 Å². The van der Waals surface area contributed by atoms with Gasteiger partial charge in [0, 0.05) is 17.8 Å². The first-order valence-electron chi connectivity index (χ1n) is 6.18. The fourth-order valence-corrected chi connectivity index (χ4v) is 3.09. The summed E-state index contributed by atoms with van der Waals surface area (Å²) < 4.78 is 2.32. The minimum absolute atomic E-state index is 0.187. The number of imidazole rings is 1. The maximum atomic E-state index is 6.18. The summed E-state index contributed by atoms with van der Waals surface area (Å²) in [6.07, 6.45) is 11.1. The molecule has 1 aliphatic carbocycles. The lowest BCUT2D eigenvalue weighted by molar-refractivity contribution is 0.391. The second-order valence-corrected chi connectivity index (χ2v) is 4.92. The molecular formula is C12H19N3. The Morgan fingerprint density at radius 2 is 2.00 bits per heavy atom. The summed E-state index contributed by atoms with van der Waals surface area (Å²) >= 11 is 0. The lowest BCUT2D eigenvalue weighted by Gasteiger charge is -2.25. The quantitative estimate of drug-likeness (QED) is 0.764. The molecule has 1 aromatic rings. The smallest absolute Gasteiger partial charge is 0.113 e. The van der Waals surface area contributed by atoms with Crippen LogP contribution in [0.15, 0.2) is 6.20 Å². The molecule has 3 rings (SSSR count). The second-order valence-electron chi connectivity index (χ2n) is 4.92. The molecule has 2 aliphatic rings. The first kappa shape index (κ1) is 9.40. The van der Waals surface area contributed by atoms with E-state index in [0.29, 0.717) is 5.92 Å². The first-order valence-corrected chi connectivity index (χ1v) is 6.18. The molecule has 1 saturated carbocycles. The number of nitrogens with zero attached hydrogens (tertiary/aromatic N) is 2. The molecule has 1 fully saturated rings. The number of hydrogen-bond donors (Lipinski definition) is 1. The van der Waals surface area contributed by atoms with Crippen LogP contribution >= 0.6 is 0 Å². The van der Waals surface area contributed by atoms with E-state index < -0.39 is 0 Å². The summed E-state index contributed by atoms with van der Waals surface area (Å²) in [5.74, 6) is 1.96. The number of nitrogens with two attached hydrogens (primary N) is 1. The van der Waals surface area contributed by atoms with Gasteiger partial charge >= 0.3 is 0 Å². The Labute approximate surface area is 90.7 Å². The van der Waals surface area contributed by atoms with E-state index in [4.69, 9.17) is 5.73 Å². The van der Waals surface area contributed by atoms with E-state index in [-0.39, 0.29) is 6.17 Å². The Bertz CT molecular complexity index is 350. The van der Waals surface area contributed by atoms with Crippen LogP contribution in [0.25, 0.3) is 0 Å². The van der Waals surface area contributed by atoms with Crippen molar-refractivity contribution in [1.82, 2.24) is 9.55 Å². The van der Waals surface area contributed by atoms with Crippen molar-refractivity contribution in [1.29, 1.82) is 0 Å². The molecule has 2 heterocycles. The van der Waals surface area contributed by atoms with E-state index in [0.717, 1.165) is 12.8 Å². The van der Waals surface area contributed by atoms with Gasteiger partial charge in [0.05, 0.1) is 6.17 Å². The number of hydrogen-bond acceptors (Lipinski definition) is 2. The standard InChI is InChI=1S/C12H19N3/c13-11-7-3-6-10-8-14-12(15(10)11)9-4-1-2-5-9/h8-9,11H,1-7,13H2. The van der Waals surface area contributed by atoms with Gasteiger partial charge in [-0.05, 0) is 32.1 Å². The lowest BCUT2D eigenvalue weighted by Crippen LogP contribution is -2.27. The molecule has 0 radical (unpaired) electrons. The number of rotatable bonds is 1. The summed E-state index contributed by atoms with van der Waals surface area (Å²) in [4.78, 5) is 4.61. The molecule has 0 saturated heterocycles. The van der Waals surface area contributed by atoms with Crippen LogP contribution < -0.4 is 5.73 Å². The SMILES string of the molecule is NC1CCCc2cnc(C3CCCC3)n21. The van der Waals surface area contributed by atoms with Gasteiger partial charge in [0.1, 0.15) is 5.82 Å². The van der Waals surface area contributed by atoms with Crippen LogP contribution in [0, 0.1) is 0 Å². The molecule has 0 bridgehead atoms. The van der Waals surface area contributed by atoms with Crippen LogP contribution in [0.4, 0.5) is 0 Å². The topological polar surface area (TPSA) is 43.8 Å². The van der Waals surface area contributed by atoms with E-state index in [1.807, 2.05) is 6.20 Å². The zero-order chi connectivity index (χ0) is 10.3. The van der Waals surface area contributed by atoms with Crippen molar-refractivity contribution in [2.45, 2.75) is 57.0 Å². The highest BCUT2D eigenvalue weighted by Crippen LogP contribution is 2.36. The van der Waals surface area contributed by atoms with E-state index in [1.165, 1.54) is 43.6 Å². The molecule has 15 heavy (non-hydrogen) atoms. The zero-order valence-electron chi connectivity index (χ0n) is 9.15. The van der Waals surface area contributed by atoms with Gasteiger partial charge in [0.2, 0.25) is 0 Å². The Morgan fingerprint density at radius 3 is 2.80 bits per heavy atom. The van der Waals surface area contributed by atoms with E-state index in [2.05, 4.69) is 9.55 Å². The summed E-state index contributed by atoms with van der Waals surface area (Å²) in [6.45, 7) is 0. The Kier molecular flexibility index (Phi) is 2.28. The largest absolute Gasteiger partial charge is 0.316 e. The highest BCUT2D eigenvalue weighted by Gasteiger charge is 2.27. The highest BCUT2D eigenvalue weighted by molar-refractivity contribution is 5.14. The van der Waals surface area contributed by atoms with E-state index >= 15 is 0 Å². The van der Waals surface area contributed by atoms with Crippen molar-refractivity contribution in [2.24, 2.45) is 5.73 Å². The average molecular weight is 205 g/mol. The molecule has 3 heteroatoms. The van der Waals surface area contributed by atoms with Crippen LogP contribution in [-0.4, -0.2) is 9.55 Å². The number of fused-ring (bicyclic) bond motifs is 1. The van der Waals surface area contributed by atoms with Gasteiger partial charge in [0.25, 0.3) is 0 Å². The molecule has 82 valence electrons. The molecular weight excluding hydrogens is 186 g/mol. The van der Waals surface area contributed by atoms with Crippen LogP contribution in [0.1, 0.15) is 62.1 Å². The molecule has 1 aromatic heterocycles.